The largest absolute Gasteiger partial charge is 0.430 e. The monoisotopic (exact) mass is 330 g/mol. The van der Waals surface area contributed by atoms with Gasteiger partial charge in [-0.1, -0.05) is 0 Å². The zero-order chi connectivity index (χ0) is 17.3. The van der Waals surface area contributed by atoms with E-state index in [2.05, 4.69) is 0 Å². The van der Waals surface area contributed by atoms with Crippen molar-refractivity contribution in [2.45, 2.75) is 89.2 Å². The molecule has 0 N–H and O–H groups in total. The molecule has 0 aromatic heterocycles. The van der Waals surface area contributed by atoms with Crippen molar-refractivity contribution in [3.05, 3.63) is 0 Å². The molecule has 3 heterocycles. The molecule has 7 nitrogen and oxygen atoms in total. The Balaban J connectivity index is 2.03. The molecule has 0 aliphatic carbocycles. The van der Waals surface area contributed by atoms with Gasteiger partial charge in [-0.25, -0.2) is 4.79 Å². The van der Waals surface area contributed by atoms with Crippen molar-refractivity contribution in [2.24, 2.45) is 0 Å². The van der Waals surface area contributed by atoms with Crippen LogP contribution in [0.15, 0.2) is 0 Å². The first kappa shape index (κ1) is 17.1. The van der Waals surface area contributed by atoms with Gasteiger partial charge in [0.15, 0.2) is 23.3 Å². The van der Waals surface area contributed by atoms with Gasteiger partial charge in [0.1, 0.15) is 6.10 Å². The van der Waals surface area contributed by atoms with Gasteiger partial charge in [0, 0.05) is 13.5 Å². The third-order valence-corrected chi connectivity index (χ3v) is 4.87. The summed E-state index contributed by atoms with van der Waals surface area (Å²) in [6.07, 6.45) is -1.81. The third kappa shape index (κ3) is 2.59. The normalized spacial score (nSPS) is 41.9. The van der Waals surface area contributed by atoms with Gasteiger partial charge in [0.05, 0.1) is 5.60 Å². The molecule has 0 aromatic rings. The van der Waals surface area contributed by atoms with Gasteiger partial charge in [0.25, 0.3) is 0 Å². The van der Waals surface area contributed by atoms with Crippen molar-refractivity contribution >= 4 is 5.97 Å². The standard InChI is InChI=1S/C16H26O7/c1-13(2,18-7)16-8-9-10(21-14(3,4)20-9)11(17)19-12(16)22-15(5,6)23-16/h9-10,12H,8H2,1-7H3/t9-,10-,12-,16-/m1/s1. The van der Waals surface area contributed by atoms with Crippen LogP contribution >= 0.6 is 0 Å². The summed E-state index contributed by atoms with van der Waals surface area (Å²) in [6.45, 7) is 10.9. The number of fused-ring (bicyclic) bond motifs is 2. The summed E-state index contributed by atoms with van der Waals surface area (Å²) >= 11 is 0. The number of carbonyl (C=O) groups is 1. The molecule has 0 unspecified atom stereocenters. The Morgan fingerprint density at radius 1 is 1.09 bits per heavy atom. The first-order valence-corrected chi connectivity index (χ1v) is 7.91. The van der Waals surface area contributed by atoms with E-state index in [1.54, 1.807) is 34.8 Å². The molecule has 132 valence electrons. The average Bonchev–Trinajstić information content (AvgIpc) is 2.81. The van der Waals surface area contributed by atoms with E-state index in [0.29, 0.717) is 6.42 Å². The fourth-order valence-corrected chi connectivity index (χ4v) is 3.60. The molecular weight excluding hydrogens is 304 g/mol. The summed E-state index contributed by atoms with van der Waals surface area (Å²) in [6, 6.07) is 0. The van der Waals surface area contributed by atoms with Crippen molar-refractivity contribution in [2.75, 3.05) is 7.11 Å². The molecule has 0 saturated carbocycles. The maximum absolute atomic E-state index is 12.5. The minimum atomic E-state index is -0.996. The zero-order valence-corrected chi connectivity index (χ0v) is 14.8. The van der Waals surface area contributed by atoms with E-state index in [1.807, 2.05) is 13.8 Å². The fraction of sp³-hybridized carbons (Fsp3) is 0.938. The minimum absolute atomic E-state index is 0.363. The SMILES string of the molecule is COC(C)(C)[C@@]12C[C@H]3OC(C)(C)O[C@H]3C(=O)O[C@@H]1OC(C)(C)O2. The van der Waals surface area contributed by atoms with Crippen LogP contribution in [0, 0.1) is 0 Å². The van der Waals surface area contributed by atoms with Gasteiger partial charge < -0.3 is 28.4 Å². The second-order valence-corrected chi connectivity index (χ2v) is 7.79. The lowest BCUT2D eigenvalue weighted by Crippen LogP contribution is -2.59. The minimum Gasteiger partial charge on any atom is -0.430 e. The lowest BCUT2D eigenvalue weighted by molar-refractivity contribution is -0.236. The Kier molecular flexibility index (Phi) is 3.64. The van der Waals surface area contributed by atoms with Crippen molar-refractivity contribution in [3.8, 4) is 0 Å². The fourth-order valence-electron chi connectivity index (χ4n) is 3.60. The highest BCUT2D eigenvalue weighted by Crippen LogP contribution is 2.51. The van der Waals surface area contributed by atoms with Crippen LogP contribution < -0.4 is 0 Å². The Hall–Kier alpha value is -0.730. The molecule has 3 saturated heterocycles. The molecule has 3 rings (SSSR count). The predicted molar refractivity (Wildman–Crippen MR) is 78.4 cm³/mol. The lowest BCUT2D eigenvalue weighted by atomic mass is 9.80. The topological polar surface area (TPSA) is 72.5 Å². The van der Waals surface area contributed by atoms with Crippen molar-refractivity contribution in [3.63, 3.8) is 0 Å². The van der Waals surface area contributed by atoms with E-state index in [-0.39, 0.29) is 0 Å². The second-order valence-electron chi connectivity index (χ2n) is 7.79. The van der Waals surface area contributed by atoms with Crippen LogP contribution in [0.25, 0.3) is 0 Å². The number of carbonyl (C=O) groups excluding carboxylic acids is 1. The molecular formula is C16H26O7. The predicted octanol–water partition coefficient (Wildman–Crippen LogP) is 1.73. The quantitative estimate of drug-likeness (QED) is 0.714. The summed E-state index contributed by atoms with van der Waals surface area (Å²) in [5.74, 6) is -2.25. The van der Waals surface area contributed by atoms with E-state index < -0.39 is 47.2 Å². The Bertz CT molecular complexity index is 513. The number of methoxy groups -OCH3 is 1. The molecule has 0 bridgehead atoms. The van der Waals surface area contributed by atoms with Gasteiger partial charge in [-0.2, -0.15) is 0 Å². The molecule has 0 spiro atoms. The highest BCUT2D eigenvalue weighted by Gasteiger charge is 2.68. The Labute approximate surface area is 136 Å². The Morgan fingerprint density at radius 3 is 2.35 bits per heavy atom. The molecule has 7 heteroatoms. The van der Waals surface area contributed by atoms with E-state index in [0.717, 1.165) is 0 Å². The molecule has 3 fully saturated rings. The maximum Gasteiger partial charge on any atom is 0.340 e. The van der Waals surface area contributed by atoms with Crippen LogP contribution in [0.2, 0.25) is 0 Å². The molecule has 0 radical (unpaired) electrons. The smallest absolute Gasteiger partial charge is 0.340 e. The molecule has 3 aliphatic rings. The van der Waals surface area contributed by atoms with Gasteiger partial charge in [0.2, 0.25) is 6.29 Å². The average molecular weight is 330 g/mol. The highest BCUT2D eigenvalue weighted by molar-refractivity contribution is 5.76. The van der Waals surface area contributed by atoms with E-state index >= 15 is 0 Å². The third-order valence-electron chi connectivity index (χ3n) is 4.87. The van der Waals surface area contributed by atoms with Crippen molar-refractivity contribution in [1.29, 1.82) is 0 Å². The lowest BCUT2D eigenvalue weighted by Gasteiger charge is -2.43. The van der Waals surface area contributed by atoms with Crippen molar-refractivity contribution in [1.82, 2.24) is 0 Å². The second kappa shape index (κ2) is 4.89. The summed E-state index contributed by atoms with van der Waals surface area (Å²) in [5, 5.41) is 0. The number of ether oxygens (including phenoxy) is 6. The summed E-state index contributed by atoms with van der Waals surface area (Å²) in [7, 11) is 1.60. The van der Waals surface area contributed by atoms with Gasteiger partial charge in [-0.15, -0.1) is 0 Å². The number of rotatable bonds is 2. The molecule has 0 amide bonds. The van der Waals surface area contributed by atoms with Crippen LogP contribution in [0.1, 0.15) is 48.0 Å². The molecule has 4 atom stereocenters. The maximum atomic E-state index is 12.5. The zero-order valence-electron chi connectivity index (χ0n) is 14.8. The van der Waals surface area contributed by atoms with Gasteiger partial charge in [-0.3, -0.25) is 0 Å². The van der Waals surface area contributed by atoms with E-state index in [4.69, 9.17) is 28.4 Å². The van der Waals surface area contributed by atoms with E-state index in [9.17, 15) is 4.79 Å². The molecule has 23 heavy (non-hydrogen) atoms. The highest BCUT2D eigenvalue weighted by atomic mass is 16.9. The van der Waals surface area contributed by atoms with Crippen LogP contribution in [0.4, 0.5) is 0 Å². The van der Waals surface area contributed by atoms with Crippen LogP contribution in [-0.4, -0.2) is 54.4 Å². The Morgan fingerprint density at radius 2 is 1.74 bits per heavy atom. The first-order chi connectivity index (χ1) is 10.4. The molecule has 0 aromatic carbocycles. The van der Waals surface area contributed by atoms with Crippen molar-refractivity contribution < 1.29 is 33.2 Å². The number of esters is 1. The summed E-state index contributed by atoms with van der Waals surface area (Å²) < 4.78 is 35.0. The van der Waals surface area contributed by atoms with Crippen LogP contribution in [0.5, 0.6) is 0 Å². The summed E-state index contributed by atoms with van der Waals surface area (Å²) in [5.41, 5.74) is -1.76. The first-order valence-electron chi connectivity index (χ1n) is 7.91. The van der Waals surface area contributed by atoms with Crippen LogP contribution in [-0.2, 0) is 33.2 Å². The van der Waals surface area contributed by atoms with E-state index in [1.165, 1.54) is 0 Å². The molecule has 3 aliphatic heterocycles. The van der Waals surface area contributed by atoms with Gasteiger partial charge >= 0.3 is 5.97 Å². The number of hydrogen-bond donors (Lipinski definition) is 0. The van der Waals surface area contributed by atoms with Crippen LogP contribution in [0.3, 0.4) is 0 Å². The summed E-state index contributed by atoms with van der Waals surface area (Å²) in [4.78, 5) is 12.5. The van der Waals surface area contributed by atoms with Gasteiger partial charge in [-0.05, 0) is 41.5 Å². The number of hydrogen-bond acceptors (Lipinski definition) is 7.